The molecule has 2 aliphatic heterocycles. The first kappa shape index (κ1) is 17.2. The highest BCUT2D eigenvalue weighted by molar-refractivity contribution is 5.88. The van der Waals surface area contributed by atoms with E-state index in [1.807, 2.05) is 12.3 Å². The monoisotopic (exact) mass is 358 g/mol. The maximum Gasteiger partial charge on any atom is 0.309 e. The molecule has 1 saturated carbocycles. The predicted octanol–water partition coefficient (Wildman–Crippen LogP) is 2.04. The van der Waals surface area contributed by atoms with Crippen LogP contribution in [0.4, 0.5) is 5.95 Å². The van der Waals surface area contributed by atoms with E-state index in [1.54, 1.807) is 11.9 Å². The molecule has 1 aliphatic carbocycles. The number of carbonyl (C=O) groups excluding carboxylic acids is 1. The molecule has 3 fully saturated rings. The minimum absolute atomic E-state index is 0.0645. The van der Waals surface area contributed by atoms with Crippen LogP contribution in [-0.4, -0.2) is 57.5 Å². The maximum absolute atomic E-state index is 12.1. The molecule has 3 aliphatic rings. The number of aromatic nitrogens is 2. The zero-order chi connectivity index (χ0) is 18.3. The number of aliphatic carboxylic acids is 1. The SMILES string of the molecule is CN1C(=O)C[C@@H](C(=O)O)C12CCN(c1nccc(C3CCCC3)n1)CC2. The van der Waals surface area contributed by atoms with Crippen LogP contribution in [0.3, 0.4) is 0 Å². The van der Waals surface area contributed by atoms with Crippen molar-refractivity contribution in [1.29, 1.82) is 0 Å². The lowest BCUT2D eigenvalue weighted by Gasteiger charge is -2.45. The van der Waals surface area contributed by atoms with Crippen LogP contribution in [0.1, 0.15) is 56.6 Å². The second-order valence-corrected chi connectivity index (χ2v) is 7.90. The third-order valence-electron chi connectivity index (χ3n) is 6.72. The van der Waals surface area contributed by atoms with Gasteiger partial charge in [0.05, 0.1) is 11.5 Å². The third kappa shape index (κ3) is 2.73. The van der Waals surface area contributed by atoms with Crippen molar-refractivity contribution in [3.05, 3.63) is 18.0 Å². The van der Waals surface area contributed by atoms with E-state index in [4.69, 9.17) is 4.98 Å². The van der Waals surface area contributed by atoms with E-state index in [0.717, 1.165) is 11.6 Å². The second-order valence-electron chi connectivity index (χ2n) is 7.90. The second kappa shape index (κ2) is 6.52. The third-order valence-corrected chi connectivity index (χ3v) is 6.72. The molecule has 1 amide bonds. The molecule has 1 aromatic heterocycles. The van der Waals surface area contributed by atoms with Gasteiger partial charge < -0.3 is 14.9 Å². The first-order chi connectivity index (χ1) is 12.5. The Morgan fingerprint density at radius 3 is 2.62 bits per heavy atom. The van der Waals surface area contributed by atoms with Gasteiger partial charge in [0, 0.05) is 44.4 Å². The van der Waals surface area contributed by atoms with Crippen molar-refractivity contribution in [2.45, 2.75) is 56.4 Å². The molecule has 140 valence electrons. The van der Waals surface area contributed by atoms with E-state index in [1.165, 1.54) is 25.7 Å². The molecule has 3 heterocycles. The van der Waals surface area contributed by atoms with Crippen molar-refractivity contribution in [3.63, 3.8) is 0 Å². The van der Waals surface area contributed by atoms with Crippen LogP contribution in [0.15, 0.2) is 12.3 Å². The van der Waals surface area contributed by atoms with Gasteiger partial charge in [-0.1, -0.05) is 12.8 Å². The topological polar surface area (TPSA) is 86.6 Å². The summed E-state index contributed by atoms with van der Waals surface area (Å²) in [5.74, 6) is -0.264. The lowest BCUT2D eigenvalue weighted by Crippen LogP contribution is -2.56. The zero-order valence-corrected chi connectivity index (χ0v) is 15.2. The summed E-state index contributed by atoms with van der Waals surface area (Å²) in [4.78, 5) is 36.9. The quantitative estimate of drug-likeness (QED) is 0.890. The number of anilines is 1. The number of carboxylic acids is 1. The minimum Gasteiger partial charge on any atom is -0.481 e. The Morgan fingerprint density at radius 2 is 1.96 bits per heavy atom. The summed E-state index contributed by atoms with van der Waals surface area (Å²) in [6.07, 6.45) is 8.18. The van der Waals surface area contributed by atoms with Crippen LogP contribution in [-0.2, 0) is 9.59 Å². The van der Waals surface area contributed by atoms with Gasteiger partial charge in [0.1, 0.15) is 0 Å². The molecule has 0 aromatic carbocycles. The largest absolute Gasteiger partial charge is 0.481 e. The number of carboxylic acid groups (broad SMARTS) is 1. The van der Waals surface area contributed by atoms with Gasteiger partial charge in [-0.05, 0) is 31.7 Å². The fraction of sp³-hybridized carbons (Fsp3) is 0.684. The molecule has 0 radical (unpaired) electrons. The number of piperidine rings is 1. The minimum atomic E-state index is -0.865. The molecule has 1 aromatic rings. The molecule has 7 heteroatoms. The van der Waals surface area contributed by atoms with Gasteiger partial charge in [-0.3, -0.25) is 9.59 Å². The Morgan fingerprint density at radius 1 is 1.27 bits per heavy atom. The highest BCUT2D eigenvalue weighted by Crippen LogP contribution is 2.43. The van der Waals surface area contributed by atoms with Crippen LogP contribution in [0.25, 0.3) is 0 Å². The lowest BCUT2D eigenvalue weighted by atomic mass is 9.77. The van der Waals surface area contributed by atoms with E-state index in [2.05, 4.69) is 9.88 Å². The maximum atomic E-state index is 12.1. The van der Waals surface area contributed by atoms with Crippen molar-refractivity contribution >= 4 is 17.8 Å². The number of hydrogen-bond donors (Lipinski definition) is 1. The summed E-state index contributed by atoms with van der Waals surface area (Å²) in [7, 11) is 1.75. The van der Waals surface area contributed by atoms with Gasteiger partial charge in [0.15, 0.2) is 0 Å². The zero-order valence-electron chi connectivity index (χ0n) is 15.2. The Hall–Kier alpha value is -2.18. The van der Waals surface area contributed by atoms with E-state index >= 15 is 0 Å². The number of amides is 1. The predicted molar refractivity (Wildman–Crippen MR) is 95.9 cm³/mol. The smallest absolute Gasteiger partial charge is 0.309 e. The van der Waals surface area contributed by atoms with Gasteiger partial charge >= 0.3 is 5.97 Å². The summed E-state index contributed by atoms with van der Waals surface area (Å²) in [5, 5.41) is 9.59. The lowest BCUT2D eigenvalue weighted by molar-refractivity contribution is -0.145. The van der Waals surface area contributed by atoms with Gasteiger partial charge in [0.2, 0.25) is 11.9 Å². The van der Waals surface area contributed by atoms with Gasteiger partial charge in [-0.2, -0.15) is 0 Å². The number of carbonyl (C=O) groups is 2. The Bertz CT molecular complexity index is 708. The molecule has 0 bridgehead atoms. The number of nitrogens with zero attached hydrogens (tertiary/aromatic N) is 4. The average Bonchev–Trinajstić information content (AvgIpc) is 3.27. The summed E-state index contributed by atoms with van der Waals surface area (Å²) in [6, 6.07) is 2.02. The van der Waals surface area contributed by atoms with Crippen LogP contribution in [0, 0.1) is 5.92 Å². The van der Waals surface area contributed by atoms with Gasteiger partial charge in [-0.15, -0.1) is 0 Å². The average molecular weight is 358 g/mol. The van der Waals surface area contributed by atoms with E-state index < -0.39 is 17.4 Å². The molecule has 7 nitrogen and oxygen atoms in total. The number of rotatable bonds is 3. The molecular formula is C19H26N4O3. The summed E-state index contributed by atoms with van der Waals surface area (Å²) >= 11 is 0. The van der Waals surface area contributed by atoms with Gasteiger partial charge in [-0.25, -0.2) is 9.97 Å². The standard InChI is InChI=1S/C19H26N4O3/c1-22-16(24)12-14(17(25)26)19(22)7-10-23(11-8-19)18-20-9-6-15(21-18)13-4-2-3-5-13/h6,9,13-14H,2-5,7-8,10-12H2,1H3,(H,25,26)/t14-/m0/s1. The molecule has 1 N–H and O–H groups in total. The molecule has 26 heavy (non-hydrogen) atoms. The fourth-order valence-electron chi connectivity index (χ4n) is 5.04. The van der Waals surface area contributed by atoms with E-state index in [-0.39, 0.29) is 12.3 Å². The van der Waals surface area contributed by atoms with Crippen molar-refractivity contribution in [3.8, 4) is 0 Å². The van der Waals surface area contributed by atoms with Crippen molar-refractivity contribution in [2.24, 2.45) is 5.92 Å². The normalized spacial score (nSPS) is 26.0. The molecular weight excluding hydrogens is 332 g/mol. The Kier molecular flexibility index (Phi) is 4.32. The van der Waals surface area contributed by atoms with Crippen LogP contribution in [0.2, 0.25) is 0 Å². The molecule has 4 rings (SSSR count). The molecule has 1 atom stereocenters. The summed E-state index contributed by atoms with van der Waals surface area (Å²) in [5.41, 5.74) is 0.562. The highest BCUT2D eigenvalue weighted by atomic mass is 16.4. The van der Waals surface area contributed by atoms with Gasteiger partial charge in [0.25, 0.3) is 0 Å². The molecule has 2 saturated heterocycles. The van der Waals surface area contributed by atoms with E-state index in [9.17, 15) is 14.7 Å². The Labute approximate surface area is 153 Å². The van der Waals surface area contributed by atoms with Crippen LogP contribution < -0.4 is 4.90 Å². The Balaban J connectivity index is 1.51. The first-order valence-electron chi connectivity index (χ1n) is 9.58. The van der Waals surface area contributed by atoms with Crippen LogP contribution in [0.5, 0.6) is 0 Å². The summed E-state index contributed by atoms with van der Waals surface area (Å²) in [6.45, 7) is 1.35. The number of likely N-dealkylation sites (tertiary alicyclic amines) is 1. The molecule has 1 spiro atoms. The van der Waals surface area contributed by atoms with E-state index in [0.29, 0.717) is 31.8 Å². The van der Waals surface area contributed by atoms with Crippen molar-refractivity contribution in [2.75, 3.05) is 25.0 Å². The fourth-order valence-corrected chi connectivity index (χ4v) is 5.04. The first-order valence-corrected chi connectivity index (χ1v) is 9.58. The van der Waals surface area contributed by atoms with Crippen molar-refractivity contribution < 1.29 is 14.7 Å². The summed E-state index contributed by atoms with van der Waals surface area (Å²) < 4.78 is 0. The molecule has 0 unspecified atom stereocenters. The van der Waals surface area contributed by atoms with Crippen molar-refractivity contribution in [1.82, 2.24) is 14.9 Å². The highest BCUT2D eigenvalue weighted by Gasteiger charge is 2.55. The number of hydrogen-bond acceptors (Lipinski definition) is 5. The van der Waals surface area contributed by atoms with Crippen LogP contribution >= 0.6 is 0 Å².